The first kappa shape index (κ1) is 15.6. The van der Waals surface area contributed by atoms with Crippen LogP contribution in [0.3, 0.4) is 0 Å². The van der Waals surface area contributed by atoms with E-state index in [1.165, 1.54) is 0 Å². The number of nitrogens with zero attached hydrogens (tertiary/aromatic N) is 1. The summed E-state index contributed by atoms with van der Waals surface area (Å²) < 4.78 is 16.4. The lowest BCUT2D eigenvalue weighted by Crippen LogP contribution is -2.61. The monoisotopic (exact) mass is 285 g/mol. The maximum atomic E-state index is 12.0. The van der Waals surface area contributed by atoms with E-state index >= 15 is 0 Å². The SMILES string of the molecule is COC1(OC)CCC2(CC1)CN(C(=O)OC(C)(C)C)C2. The van der Waals surface area contributed by atoms with E-state index in [0.717, 1.165) is 38.8 Å². The quantitative estimate of drug-likeness (QED) is 0.732. The lowest BCUT2D eigenvalue weighted by Gasteiger charge is -2.54. The fraction of sp³-hybridized carbons (Fsp3) is 0.933. The smallest absolute Gasteiger partial charge is 0.410 e. The summed E-state index contributed by atoms with van der Waals surface area (Å²) in [5, 5.41) is 0. The summed E-state index contributed by atoms with van der Waals surface area (Å²) in [4.78, 5) is 13.8. The summed E-state index contributed by atoms with van der Waals surface area (Å²) in [6, 6.07) is 0. The molecule has 116 valence electrons. The fourth-order valence-electron chi connectivity index (χ4n) is 3.19. The van der Waals surface area contributed by atoms with Crippen molar-refractivity contribution >= 4 is 6.09 Å². The molecule has 0 bridgehead atoms. The number of methoxy groups -OCH3 is 2. The zero-order valence-electron chi connectivity index (χ0n) is 13.3. The van der Waals surface area contributed by atoms with Crippen molar-refractivity contribution < 1.29 is 19.0 Å². The molecule has 0 N–H and O–H groups in total. The lowest BCUT2D eigenvalue weighted by molar-refractivity contribution is -0.242. The van der Waals surface area contributed by atoms with Gasteiger partial charge in [-0.05, 0) is 33.6 Å². The van der Waals surface area contributed by atoms with E-state index in [0.29, 0.717) is 0 Å². The van der Waals surface area contributed by atoms with Crippen molar-refractivity contribution in [3.8, 4) is 0 Å². The summed E-state index contributed by atoms with van der Waals surface area (Å²) in [7, 11) is 3.41. The minimum absolute atomic E-state index is 0.196. The Morgan fingerprint density at radius 2 is 1.50 bits per heavy atom. The molecular formula is C15H27NO4. The van der Waals surface area contributed by atoms with Crippen LogP contribution >= 0.6 is 0 Å². The molecule has 1 aliphatic carbocycles. The molecule has 0 unspecified atom stereocenters. The standard InChI is InChI=1S/C15H27NO4/c1-13(2,3)20-12(17)16-10-14(11-16)6-8-15(18-4,19-5)9-7-14/h6-11H2,1-5H3. The van der Waals surface area contributed by atoms with Gasteiger partial charge in [-0.3, -0.25) is 0 Å². The Bertz CT molecular complexity index is 353. The van der Waals surface area contributed by atoms with E-state index in [1.54, 1.807) is 19.1 Å². The molecule has 2 aliphatic rings. The van der Waals surface area contributed by atoms with Gasteiger partial charge in [-0.1, -0.05) is 0 Å². The van der Waals surface area contributed by atoms with Gasteiger partial charge in [-0.25, -0.2) is 4.79 Å². The summed E-state index contributed by atoms with van der Waals surface area (Å²) >= 11 is 0. The van der Waals surface area contributed by atoms with Crippen molar-refractivity contribution in [1.82, 2.24) is 4.90 Å². The zero-order chi connectivity index (χ0) is 15.0. The summed E-state index contributed by atoms with van der Waals surface area (Å²) in [5.41, 5.74) is -0.175. The molecule has 0 aromatic rings. The van der Waals surface area contributed by atoms with Crippen LogP contribution in [0.25, 0.3) is 0 Å². The summed E-state index contributed by atoms with van der Waals surface area (Å²) in [5.74, 6) is -0.419. The molecule has 1 aliphatic heterocycles. The molecule has 0 radical (unpaired) electrons. The maximum Gasteiger partial charge on any atom is 0.410 e. The van der Waals surface area contributed by atoms with Crippen molar-refractivity contribution in [2.75, 3.05) is 27.3 Å². The molecular weight excluding hydrogens is 258 g/mol. The second kappa shape index (κ2) is 5.19. The van der Waals surface area contributed by atoms with E-state index in [4.69, 9.17) is 14.2 Å². The van der Waals surface area contributed by atoms with Crippen LogP contribution in [-0.4, -0.2) is 49.7 Å². The molecule has 20 heavy (non-hydrogen) atoms. The van der Waals surface area contributed by atoms with Gasteiger partial charge >= 0.3 is 6.09 Å². The number of amides is 1. The van der Waals surface area contributed by atoms with E-state index in [1.807, 2.05) is 20.8 Å². The molecule has 1 heterocycles. The second-order valence-electron chi connectivity index (χ2n) is 7.16. The van der Waals surface area contributed by atoms with Crippen molar-refractivity contribution in [2.45, 2.75) is 57.8 Å². The predicted octanol–water partition coefficient (Wildman–Crippen LogP) is 2.79. The third kappa shape index (κ3) is 3.09. The van der Waals surface area contributed by atoms with Gasteiger partial charge in [-0.2, -0.15) is 0 Å². The van der Waals surface area contributed by atoms with E-state index in [2.05, 4.69) is 0 Å². The molecule has 1 spiro atoms. The van der Waals surface area contributed by atoms with Gasteiger partial charge in [0.15, 0.2) is 5.79 Å². The van der Waals surface area contributed by atoms with Gasteiger partial charge in [0, 0.05) is 45.6 Å². The number of carbonyl (C=O) groups excluding carboxylic acids is 1. The van der Waals surface area contributed by atoms with Crippen LogP contribution in [0.5, 0.6) is 0 Å². The minimum Gasteiger partial charge on any atom is -0.444 e. The Morgan fingerprint density at radius 1 is 1.00 bits per heavy atom. The summed E-state index contributed by atoms with van der Waals surface area (Å²) in [6.45, 7) is 7.28. The molecule has 1 saturated carbocycles. The minimum atomic E-state index is -0.423. The highest BCUT2D eigenvalue weighted by atomic mass is 16.7. The highest BCUT2D eigenvalue weighted by Crippen LogP contribution is 2.48. The molecule has 0 aromatic carbocycles. The van der Waals surface area contributed by atoms with Gasteiger partial charge in [0.05, 0.1) is 0 Å². The molecule has 5 heteroatoms. The van der Waals surface area contributed by atoms with Crippen LogP contribution in [0.2, 0.25) is 0 Å². The van der Waals surface area contributed by atoms with Gasteiger partial charge in [0.2, 0.25) is 0 Å². The Morgan fingerprint density at radius 3 is 1.90 bits per heavy atom. The van der Waals surface area contributed by atoms with Crippen LogP contribution in [0.15, 0.2) is 0 Å². The zero-order valence-corrected chi connectivity index (χ0v) is 13.3. The van der Waals surface area contributed by atoms with Gasteiger partial charge < -0.3 is 19.1 Å². The third-order valence-electron chi connectivity index (χ3n) is 4.52. The van der Waals surface area contributed by atoms with Crippen LogP contribution in [-0.2, 0) is 14.2 Å². The average Bonchev–Trinajstić information content (AvgIpc) is 2.34. The predicted molar refractivity (Wildman–Crippen MR) is 75.5 cm³/mol. The maximum absolute atomic E-state index is 12.0. The number of hydrogen-bond acceptors (Lipinski definition) is 4. The molecule has 0 atom stereocenters. The Labute approximate surface area is 121 Å². The highest BCUT2D eigenvalue weighted by Gasteiger charge is 2.51. The first-order chi connectivity index (χ1) is 9.23. The van der Waals surface area contributed by atoms with Gasteiger partial charge in [0.25, 0.3) is 0 Å². The van der Waals surface area contributed by atoms with E-state index in [-0.39, 0.29) is 11.5 Å². The molecule has 5 nitrogen and oxygen atoms in total. The molecule has 1 amide bonds. The van der Waals surface area contributed by atoms with Gasteiger partial charge in [0.1, 0.15) is 5.60 Å². The van der Waals surface area contributed by atoms with E-state index < -0.39 is 11.4 Å². The van der Waals surface area contributed by atoms with Gasteiger partial charge in [-0.15, -0.1) is 0 Å². The Kier molecular flexibility index (Phi) is 4.04. The first-order valence-corrected chi connectivity index (χ1v) is 7.31. The molecule has 2 rings (SSSR count). The summed E-state index contributed by atoms with van der Waals surface area (Å²) in [6.07, 6.45) is 3.66. The normalized spacial score (nSPS) is 24.4. The van der Waals surface area contributed by atoms with Crippen molar-refractivity contribution in [1.29, 1.82) is 0 Å². The van der Waals surface area contributed by atoms with Crippen LogP contribution in [0.1, 0.15) is 46.5 Å². The van der Waals surface area contributed by atoms with Crippen molar-refractivity contribution in [2.24, 2.45) is 5.41 Å². The molecule has 2 fully saturated rings. The number of likely N-dealkylation sites (tertiary alicyclic amines) is 1. The topological polar surface area (TPSA) is 48.0 Å². The number of ether oxygens (including phenoxy) is 3. The first-order valence-electron chi connectivity index (χ1n) is 7.31. The van der Waals surface area contributed by atoms with Crippen LogP contribution in [0, 0.1) is 5.41 Å². The Balaban J connectivity index is 1.83. The highest BCUT2D eigenvalue weighted by molar-refractivity contribution is 5.69. The Hall–Kier alpha value is -0.810. The largest absolute Gasteiger partial charge is 0.444 e. The van der Waals surface area contributed by atoms with Crippen LogP contribution < -0.4 is 0 Å². The van der Waals surface area contributed by atoms with Crippen molar-refractivity contribution in [3.05, 3.63) is 0 Å². The molecule has 1 saturated heterocycles. The van der Waals surface area contributed by atoms with E-state index in [9.17, 15) is 4.79 Å². The lowest BCUT2D eigenvalue weighted by atomic mass is 9.67. The van der Waals surface area contributed by atoms with Crippen LogP contribution in [0.4, 0.5) is 4.79 Å². The number of rotatable bonds is 2. The third-order valence-corrected chi connectivity index (χ3v) is 4.52. The molecule has 0 aromatic heterocycles. The number of carbonyl (C=O) groups is 1. The van der Waals surface area contributed by atoms with Crippen molar-refractivity contribution in [3.63, 3.8) is 0 Å². The average molecular weight is 285 g/mol. The second-order valence-corrected chi connectivity index (χ2v) is 7.16. The number of hydrogen-bond donors (Lipinski definition) is 0. The fourth-order valence-corrected chi connectivity index (χ4v) is 3.19.